The first-order chi connectivity index (χ1) is 9.08. The number of halogens is 1. The lowest BCUT2D eigenvalue weighted by Crippen LogP contribution is -2.31. The minimum atomic E-state index is -0.671. The van der Waals surface area contributed by atoms with Gasteiger partial charge < -0.3 is 14.7 Å². The van der Waals surface area contributed by atoms with Crippen molar-refractivity contribution < 1.29 is 14.2 Å². The molecule has 3 nitrogen and oxygen atoms in total. The summed E-state index contributed by atoms with van der Waals surface area (Å²) in [4.78, 5) is 2.08. The summed E-state index contributed by atoms with van der Waals surface area (Å²) in [6.07, 6.45) is 1.59. The molecule has 19 heavy (non-hydrogen) atoms. The van der Waals surface area contributed by atoms with Crippen LogP contribution in [0.25, 0.3) is 0 Å². The van der Waals surface area contributed by atoms with E-state index in [1.54, 1.807) is 13.0 Å². The molecule has 0 radical (unpaired) electrons. The number of hydrogen-bond donors (Lipinski definition) is 1. The monoisotopic (exact) mass is 267 g/mol. The quantitative estimate of drug-likeness (QED) is 0.910. The maximum absolute atomic E-state index is 13.3. The molecule has 1 heterocycles. The SMILES string of the molecule is CC(O)c1cc(F)ccc1N(C)CC1CCCOC1. The van der Waals surface area contributed by atoms with Crippen LogP contribution in [-0.4, -0.2) is 31.9 Å². The zero-order valence-electron chi connectivity index (χ0n) is 11.6. The third kappa shape index (κ3) is 3.67. The Morgan fingerprint density at radius 1 is 1.53 bits per heavy atom. The van der Waals surface area contributed by atoms with Crippen molar-refractivity contribution in [2.75, 3.05) is 31.7 Å². The smallest absolute Gasteiger partial charge is 0.123 e. The fourth-order valence-corrected chi connectivity index (χ4v) is 2.64. The van der Waals surface area contributed by atoms with Gasteiger partial charge in [-0.05, 0) is 43.9 Å². The van der Waals surface area contributed by atoms with Gasteiger partial charge in [-0.25, -0.2) is 4.39 Å². The lowest BCUT2D eigenvalue weighted by atomic mass is 10.0. The average molecular weight is 267 g/mol. The lowest BCUT2D eigenvalue weighted by Gasteiger charge is -2.30. The first-order valence-electron chi connectivity index (χ1n) is 6.84. The highest BCUT2D eigenvalue weighted by atomic mass is 19.1. The number of aliphatic hydroxyl groups is 1. The minimum Gasteiger partial charge on any atom is -0.389 e. The van der Waals surface area contributed by atoms with Crippen LogP contribution in [0.1, 0.15) is 31.4 Å². The van der Waals surface area contributed by atoms with Gasteiger partial charge in [0.05, 0.1) is 12.7 Å². The Balaban J connectivity index is 2.11. The van der Waals surface area contributed by atoms with E-state index in [2.05, 4.69) is 4.90 Å². The summed E-state index contributed by atoms with van der Waals surface area (Å²) in [6.45, 7) is 4.17. The molecule has 0 aromatic heterocycles. The Morgan fingerprint density at radius 2 is 2.32 bits per heavy atom. The molecule has 4 heteroatoms. The van der Waals surface area contributed by atoms with Gasteiger partial charge in [-0.15, -0.1) is 0 Å². The second-order valence-corrected chi connectivity index (χ2v) is 5.34. The fourth-order valence-electron chi connectivity index (χ4n) is 2.64. The van der Waals surface area contributed by atoms with E-state index in [-0.39, 0.29) is 5.82 Å². The van der Waals surface area contributed by atoms with Crippen molar-refractivity contribution in [2.24, 2.45) is 5.92 Å². The van der Waals surface area contributed by atoms with Crippen LogP contribution in [0.3, 0.4) is 0 Å². The summed E-state index contributed by atoms with van der Waals surface area (Å²) < 4.78 is 18.8. The number of benzene rings is 1. The van der Waals surface area contributed by atoms with Crippen LogP contribution in [0.15, 0.2) is 18.2 Å². The van der Waals surface area contributed by atoms with E-state index in [1.165, 1.54) is 12.1 Å². The molecule has 1 aromatic carbocycles. The molecule has 0 spiro atoms. The topological polar surface area (TPSA) is 32.7 Å². The van der Waals surface area contributed by atoms with Gasteiger partial charge in [-0.1, -0.05) is 0 Å². The number of nitrogens with zero attached hydrogens (tertiary/aromatic N) is 1. The summed E-state index contributed by atoms with van der Waals surface area (Å²) >= 11 is 0. The number of hydrogen-bond acceptors (Lipinski definition) is 3. The van der Waals surface area contributed by atoms with Crippen molar-refractivity contribution in [3.63, 3.8) is 0 Å². The third-order valence-electron chi connectivity index (χ3n) is 3.64. The lowest BCUT2D eigenvalue weighted by molar-refractivity contribution is 0.0576. The van der Waals surface area contributed by atoms with Gasteiger partial charge in [0.2, 0.25) is 0 Å². The third-order valence-corrected chi connectivity index (χ3v) is 3.64. The summed E-state index contributed by atoms with van der Waals surface area (Å²) in [6, 6.07) is 4.59. The van der Waals surface area contributed by atoms with E-state index >= 15 is 0 Å². The second kappa shape index (κ2) is 6.35. The summed E-state index contributed by atoms with van der Waals surface area (Å²) in [7, 11) is 1.98. The van der Waals surface area contributed by atoms with Crippen LogP contribution < -0.4 is 4.90 Å². The zero-order valence-corrected chi connectivity index (χ0v) is 11.6. The van der Waals surface area contributed by atoms with Crippen molar-refractivity contribution in [1.29, 1.82) is 0 Å². The summed E-state index contributed by atoms with van der Waals surface area (Å²) in [5, 5.41) is 9.77. The molecule has 1 aliphatic heterocycles. The largest absolute Gasteiger partial charge is 0.389 e. The minimum absolute atomic E-state index is 0.311. The summed E-state index contributed by atoms with van der Waals surface area (Å²) in [5.41, 5.74) is 1.53. The predicted molar refractivity (Wildman–Crippen MR) is 73.8 cm³/mol. The molecule has 1 aliphatic rings. The molecular weight excluding hydrogens is 245 g/mol. The Bertz CT molecular complexity index is 417. The number of ether oxygens (including phenoxy) is 1. The van der Waals surface area contributed by atoms with Gasteiger partial charge in [0.15, 0.2) is 0 Å². The van der Waals surface area contributed by atoms with Gasteiger partial charge in [-0.2, -0.15) is 0 Å². The normalized spacial score (nSPS) is 21.2. The molecule has 2 atom stereocenters. The van der Waals surface area contributed by atoms with Gasteiger partial charge in [-0.3, -0.25) is 0 Å². The maximum Gasteiger partial charge on any atom is 0.123 e. The Labute approximate surface area is 114 Å². The van der Waals surface area contributed by atoms with E-state index in [0.29, 0.717) is 11.5 Å². The first-order valence-corrected chi connectivity index (χ1v) is 6.84. The van der Waals surface area contributed by atoms with Gasteiger partial charge in [0, 0.05) is 31.5 Å². The number of anilines is 1. The molecule has 0 aliphatic carbocycles. The van der Waals surface area contributed by atoms with E-state index in [1.807, 2.05) is 7.05 Å². The Morgan fingerprint density at radius 3 is 2.95 bits per heavy atom. The molecule has 106 valence electrons. The van der Waals surface area contributed by atoms with E-state index in [9.17, 15) is 9.50 Å². The highest BCUT2D eigenvalue weighted by Gasteiger charge is 2.19. The van der Waals surface area contributed by atoms with Gasteiger partial charge in [0.25, 0.3) is 0 Å². The standard InChI is InChI=1S/C15H22FNO2/c1-11(18)14-8-13(16)5-6-15(14)17(2)9-12-4-3-7-19-10-12/h5-6,8,11-12,18H,3-4,7,9-10H2,1-2H3. The highest BCUT2D eigenvalue weighted by molar-refractivity contribution is 5.54. The van der Waals surface area contributed by atoms with Crippen LogP contribution in [0.4, 0.5) is 10.1 Å². The molecule has 0 bridgehead atoms. The molecular formula is C15H22FNO2. The van der Waals surface area contributed by atoms with Crippen LogP contribution in [-0.2, 0) is 4.74 Å². The van der Waals surface area contributed by atoms with Crippen molar-refractivity contribution >= 4 is 5.69 Å². The first kappa shape index (κ1) is 14.3. The van der Waals surface area contributed by atoms with Gasteiger partial charge in [0.1, 0.15) is 5.82 Å². The molecule has 1 N–H and O–H groups in total. The molecule has 0 amide bonds. The van der Waals surface area contributed by atoms with Crippen LogP contribution in [0, 0.1) is 11.7 Å². The van der Waals surface area contributed by atoms with Crippen molar-refractivity contribution in [3.8, 4) is 0 Å². The Hall–Kier alpha value is -1.13. The fraction of sp³-hybridized carbons (Fsp3) is 0.600. The molecule has 2 rings (SSSR count). The van der Waals surface area contributed by atoms with Crippen LogP contribution >= 0.6 is 0 Å². The predicted octanol–water partition coefficient (Wildman–Crippen LogP) is 2.74. The van der Waals surface area contributed by atoms with E-state index in [0.717, 1.165) is 38.3 Å². The molecule has 1 saturated heterocycles. The number of rotatable bonds is 4. The van der Waals surface area contributed by atoms with Crippen LogP contribution in [0.5, 0.6) is 0 Å². The molecule has 2 unspecified atom stereocenters. The maximum atomic E-state index is 13.3. The van der Waals surface area contributed by atoms with Crippen molar-refractivity contribution in [3.05, 3.63) is 29.6 Å². The van der Waals surface area contributed by atoms with Crippen molar-refractivity contribution in [1.82, 2.24) is 0 Å². The molecule has 1 fully saturated rings. The number of aliphatic hydroxyl groups excluding tert-OH is 1. The molecule has 1 aromatic rings. The zero-order chi connectivity index (χ0) is 13.8. The highest BCUT2D eigenvalue weighted by Crippen LogP contribution is 2.28. The average Bonchev–Trinajstić information content (AvgIpc) is 2.39. The Kier molecular flexibility index (Phi) is 4.77. The second-order valence-electron chi connectivity index (χ2n) is 5.34. The van der Waals surface area contributed by atoms with E-state index in [4.69, 9.17) is 4.74 Å². The molecule has 0 saturated carbocycles. The summed E-state index contributed by atoms with van der Waals surface area (Å²) in [5.74, 6) is 0.194. The van der Waals surface area contributed by atoms with E-state index < -0.39 is 6.10 Å². The van der Waals surface area contributed by atoms with Crippen molar-refractivity contribution in [2.45, 2.75) is 25.9 Å². The van der Waals surface area contributed by atoms with Gasteiger partial charge >= 0.3 is 0 Å². The van der Waals surface area contributed by atoms with Crippen LogP contribution in [0.2, 0.25) is 0 Å².